The minimum absolute atomic E-state index is 0.0189. The molecule has 1 aliphatic heterocycles. The average molecular weight is 397 g/mol. The molecule has 5 heteroatoms. The van der Waals surface area contributed by atoms with Gasteiger partial charge in [-0.25, -0.2) is 0 Å². The van der Waals surface area contributed by atoms with Crippen molar-refractivity contribution in [1.29, 1.82) is 0 Å². The van der Waals surface area contributed by atoms with Crippen LogP contribution in [0.1, 0.15) is 31.7 Å². The van der Waals surface area contributed by atoms with E-state index in [1.807, 2.05) is 36.4 Å². The molecule has 2 heterocycles. The van der Waals surface area contributed by atoms with Crippen LogP contribution < -0.4 is 5.32 Å². The van der Waals surface area contributed by atoms with Crippen molar-refractivity contribution in [3.05, 3.63) is 65.3 Å². The maximum atomic E-state index is 13.4. The Morgan fingerprint density at radius 1 is 1.14 bits per heavy atom. The number of aryl methyl sites for hydroxylation is 1. The number of hydrogen-bond acceptors (Lipinski definition) is 2. The fourth-order valence-electron chi connectivity index (χ4n) is 4.10. The van der Waals surface area contributed by atoms with Crippen molar-refractivity contribution in [3.8, 4) is 0 Å². The number of anilines is 1. The van der Waals surface area contributed by atoms with Gasteiger partial charge in [-0.15, -0.1) is 0 Å². The van der Waals surface area contributed by atoms with Crippen LogP contribution in [-0.2, 0) is 21.5 Å². The predicted molar refractivity (Wildman–Crippen MR) is 114 cm³/mol. The number of halogens is 1. The first-order valence-corrected chi connectivity index (χ1v) is 10.2. The number of rotatable bonds is 5. The minimum atomic E-state index is -0.591. The van der Waals surface area contributed by atoms with Crippen molar-refractivity contribution in [2.75, 3.05) is 18.5 Å². The van der Waals surface area contributed by atoms with Gasteiger partial charge in [0.25, 0.3) is 0 Å². The van der Waals surface area contributed by atoms with Gasteiger partial charge in [0.1, 0.15) is 0 Å². The number of hydrogen-bond donors (Lipinski definition) is 1. The van der Waals surface area contributed by atoms with Crippen molar-refractivity contribution < 1.29 is 9.53 Å². The topological polar surface area (TPSA) is 43.3 Å². The van der Waals surface area contributed by atoms with Gasteiger partial charge in [0, 0.05) is 47.6 Å². The molecule has 0 unspecified atom stereocenters. The highest BCUT2D eigenvalue weighted by molar-refractivity contribution is 6.30. The molecule has 1 aliphatic rings. The molecular formula is C23H25ClN2O2. The summed E-state index contributed by atoms with van der Waals surface area (Å²) in [4.78, 5) is 13.4. The summed E-state index contributed by atoms with van der Waals surface area (Å²) in [5.74, 6) is 0.0189. The summed E-state index contributed by atoms with van der Waals surface area (Å²) in [5, 5.41) is 4.97. The number of fused-ring (bicyclic) bond motifs is 1. The fraction of sp³-hybridized carbons (Fsp3) is 0.348. The van der Waals surface area contributed by atoms with Crippen LogP contribution in [0.3, 0.4) is 0 Å². The van der Waals surface area contributed by atoms with E-state index in [-0.39, 0.29) is 5.91 Å². The second kappa shape index (κ2) is 7.98. The predicted octanol–water partition coefficient (Wildman–Crippen LogP) is 5.39. The fourth-order valence-corrected chi connectivity index (χ4v) is 4.23. The second-order valence-electron chi connectivity index (χ2n) is 7.44. The lowest BCUT2D eigenvalue weighted by Crippen LogP contribution is -2.44. The first kappa shape index (κ1) is 19.0. The summed E-state index contributed by atoms with van der Waals surface area (Å²) in [6.45, 7) is 4.32. The van der Waals surface area contributed by atoms with E-state index in [4.69, 9.17) is 16.3 Å². The summed E-state index contributed by atoms with van der Waals surface area (Å²) in [6, 6.07) is 15.8. The highest BCUT2D eigenvalue weighted by Crippen LogP contribution is 2.37. The SMILES string of the molecule is CCCn1ccc2cc(NC(=O)C3(c4ccc(Cl)cc4)CCOCC3)ccc21. The number of carbonyl (C=O) groups is 1. The van der Waals surface area contributed by atoms with Gasteiger partial charge in [0.15, 0.2) is 0 Å². The summed E-state index contributed by atoms with van der Waals surface area (Å²) >= 11 is 6.06. The molecule has 1 fully saturated rings. The number of ether oxygens (including phenoxy) is 1. The molecule has 146 valence electrons. The molecule has 0 bridgehead atoms. The normalized spacial score (nSPS) is 16.2. The molecule has 0 aliphatic carbocycles. The van der Waals surface area contributed by atoms with Crippen molar-refractivity contribution in [3.63, 3.8) is 0 Å². The van der Waals surface area contributed by atoms with Gasteiger partial charge in [-0.05, 0) is 61.2 Å². The molecule has 1 N–H and O–H groups in total. The molecule has 0 saturated carbocycles. The lowest BCUT2D eigenvalue weighted by Gasteiger charge is -2.36. The van der Waals surface area contributed by atoms with Crippen molar-refractivity contribution >= 4 is 34.1 Å². The lowest BCUT2D eigenvalue weighted by molar-refractivity contribution is -0.125. The molecule has 3 aromatic rings. The smallest absolute Gasteiger partial charge is 0.235 e. The van der Waals surface area contributed by atoms with E-state index in [9.17, 15) is 4.79 Å². The number of nitrogens with one attached hydrogen (secondary N) is 1. The van der Waals surface area contributed by atoms with Gasteiger partial charge in [0.2, 0.25) is 5.91 Å². The molecular weight excluding hydrogens is 372 g/mol. The summed E-state index contributed by atoms with van der Waals surface area (Å²) in [5.41, 5.74) is 2.42. The number of nitrogens with zero attached hydrogens (tertiary/aromatic N) is 1. The maximum absolute atomic E-state index is 13.4. The van der Waals surface area contributed by atoms with Crippen LogP contribution in [0.15, 0.2) is 54.7 Å². The highest BCUT2D eigenvalue weighted by atomic mass is 35.5. The molecule has 4 nitrogen and oxygen atoms in total. The Morgan fingerprint density at radius 2 is 1.89 bits per heavy atom. The third kappa shape index (κ3) is 3.54. The summed E-state index contributed by atoms with van der Waals surface area (Å²) in [6.07, 6.45) is 4.52. The molecule has 4 rings (SSSR count). The van der Waals surface area contributed by atoms with Crippen LogP contribution >= 0.6 is 11.6 Å². The van der Waals surface area contributed by atoms with Crippen LogP contribution in [0.4, 0.5) is 5.69 Å². The second-order valence-corrected chi connectivity index (χ2v) is 7.87. The number of carbonyl (C=O) groups excluding carboxylic acids is 1. The first-order valence-electron chi connectivity index (χ1n) is 9.86. The Morgan fingerprint density at radius 3 is 2.61 bits per heavy atom. The molecule has 28 heavy (non-hydrogen) atoms. The van der Waals surface area contributed by atoms with Gasteiger partial charge in [0.05, 0.1) is 5.41 Å². The summed E-state index contributed by atoms with van der Waals surface area (Å²) < 4.78 is 7.79. The number of aromatic nitrogens is 1. The maximum Gasteiger partial charge on any atom is 0.235 e. The van der Waals surface area contributed by atoms with E-state index in [0.717, 1.165) is 29.6 Å². The Bertz CT molecular complexity index is 972. The zero-order valence-corrected chi connectivity index (χ0v) is 16.8. The lowest BCUT2D eigenvalue weighted by atomic mass is 9.73. The summed E-state index contributed by atoms with van der Waals surface area (Å²) in [7, 11) is 0. The van der Waals surface area contributed by atoms with Gasteiger partial charge in [-0.3, -0.25) is 4.79 Å². The van der Waals surface area contributed by atoms with Crippen LogP contribution in [0.25, 0.3) is 10.9 Å². The standard InChI is InChI=1S/C23H25ClN2O2/c1-2-12-26-13-9-17-16-20(7-8-21(17)26)25-22(27)23(10-14-28-15-11-23)18-3-5-19(24)6-4-18/h3-9,13,16H,2,10-12,14-15H2,1H3,(H,25,27). The third-order valence-corrected chi connectivity index (χ3v) is 5.92. The van der Waals surface area contributed by atoms with Crippen molar-refractivity contribution in [1.82, 2.24) is 4.57 Å². The van der Waals surface area contributed by atoms with Crippen LogP contribution in [0.2, 0.25) is 5.02 Å². The van der Waals surface area contributed by atoms with Gasteiger partial charge < -0.3 is 14.6 Å². The van der Waals surface area contributed by atoms with Crippen LogP contribution in [0.5, 0.6) is 0 Å². The van der Waals surface area contributed by atoms with Crippen LogP contribution in [0, 0.1) is 0 Å². The van der Waals surface area contributed by atoms with E-state index >= 15 is 0 Å². The first-order chi connectivity index (χ1) is 13.6. The Labute approximate surface area is 170 Å². The Kier molecular flexibility index (Phi) is 5.42. The van der Waals surface area contributed by atoms with Crippen molar-refractivity contribution in [2.45, 2.75) is 38.1 Å². The molecule has 1 aromatic heterocycles. The van der Waals surface area contributed by atoms with Crippen molar-refractivity contribution in [2.24, 2.45) is 0 Å². The third-order valence-electron chi connectivity index (χ3n) is 5.67. The van der Waals surface area contributed by atoms with E-state index < -0.39 is 5.41 Å². The molecule has 2 aromatic carbocycles. The van der Waals surface area contributed by atoms with Gasteiger partial charge in [-0.1, -0.05) is 30.7 Å². The van der Waals surface area contributed by atoms with Crippen LogP contribution in [-0.4, -0.2) is 23.7 Å². The van der Waals surface area contributed by atoms with Gasteiger partial charge in [-0.2, -0.15) is 0 Å². The molecule has 1 amide bonds. The molecule has 0 radical (unpaired) electrons. The van der Waals surface area contributed by atoms with E-state index in [1.54, 1.807) is 0 Å². The Balaban J connectivity index is 1.62. The number of amides is 1. The molecule has 1 saturated heterocycles. The van der Waals surface area contributed by atoms with E-state index in [0.29, 0.717) is 31.1 Å². The zero-order chi connectivity index (χ0) is 19.6. The molecule has 0 atom stereocenters. The minimum Gasteiger partial charge on any atom is -0.381 e. The quantitative estimate of drug-likeness (QED) is 0.628. The monoisotopic (exact) mass is 396 g/mol. The van der Waals surface area contributed by atoms with E-state index in [2.05, 4.69) is 35.1 Å². The highest BCUT2D eigenvalue weighted by Gasteiger charge is 2.41. The largest absolute Gasteiger partial charge is 0.381 e. The molecule has 0 spiro atoms. The average Bonchev–Trinajstić information content (AvgIpc) is 3.11. The zero-order valence-electron chi connectivity index (χ0n) is 16.1. The number of benzene rings is 2. The van der Waals surface area contributed by atoms with Gasteiger partial charge >= 0.3 is 0 Å². The Hall–Kier alpha value is -2.30. The van der Waals surface area contributed by atoms with E-state index in [1.165, 1.54) is 5.52 Å².